The number of hydrogen-bond donors (Lipinski definition) is 0. The van der Waals surface area contributed by atoms with Gasteiger partial charge in [0.05, 0.1) is 17.7 Å². The Morgan fingerprint density at radius 3 is 3.00 bits per heavy atom. The van der Waals surface area contributed by atoms with Crippen LogP contribution >= 0.6 is 11.6 Å². The van der Waals surface area contributed by atoms with Crippen LogP contribution in [0.1, 0.15) is 23.2 Å². The average Bonchev–Trinajstić information content (AvgIpc) is 2.86. The highest BCUT2D eigenvalue weighted by atomic mass is 35.5. The molecule has 0 bridgehead atoms. The summed E-state index contributed by atoms with van der Waals surface area (Å²) in [6.45, 7) is 0.539. The molecule has 18 heavy (non-hydrogen) atoms. The molecule has 6 heteroatoms. The number of hydrogen-bond acceptors (Lipinski definition) is 4. The van der Waals surface area contributed by atoms with Gasteiger partial charge in [-0.2, -0.15) is 0 Å². The van der Waals surface area contributed by atoms with Crippen LogP contribution in [0.25, 0.3) is 0 Å². The van der Waals surface area contributed by atoms with Crippen LogP contribution < -0.4 is 0 Å². The zero-order valence-corrected chi connectivity index (χ0v) is 10.7. The van der Waals surface area contributed by atoms with Crippen molar-refractivity contribution in [2.24, 2.45) is 0 Å². The molecular weight excluding hydrogens is 256 g/mol. The summed E-state index contributed by atoms with van der Waals surface area (Å²) in [5, 5.41) is 0.290. The fourth-order valence-corrected chi connectivity index (χ4v) is 2.29. The van der Waals surface area contributed by atoms with E-state index in [2.05, 4.69) is 4.98 Å². The van der Waals surface area contributed by atoms with Crippen LogP contribution in [0, 0.1) is 0 Å². The van der Waals surface area contributed by atoms with Crippen molar-refractivity contribution in [3.8, 4) is 0 Å². The van der Waals surface area contributed by atoms with Crippen LogP contribution in [-0.4, -0.2) is 41.5 Å². The summed E-state index contributed by atoms with van der Waals surface area (Å²) in [4.78, 5) is 29.2. The number of carbonyl (C=O) groups excluding carboxylic acids is 2. The summed E-state index contributed by atoms with van der Waals surface area (Å²) in [5.74, 6) is -0.638. The van der Waals surface area contributed by atoms with Crippen molar-refractivity contribution in [1.29, 1.82) is 0 Å². The Bertz CT molecular complexity index is 478. The highest BCUT2D eigenvalue weighted by molar-refractivity contribution is 6.33. The summed E-state index contributed by atoms with van der Waals surface area (Å²) < 4.78 is 4.70. The second kappa shape index (κ2) is 5.35. The Morgan fingerprint density at radius 2 is 2.33 bits per heavy atom. The molecule has 1 atom stereocenters. The maximum absolute atomic E-state index is 12.3. The number of halogens is 1. The van der Waals surface area contributed by atoms with E-state index >= 15 is 0 Å². The van der Waals surface area contributed by atoms with Gasteiger partial charge in [-0.1, -0.05) is 11.6 Å². The van der Waals surface area contributed by atoms with E-state index in [0.29, 0.717) is 18.5 Å². The number of ether oxygens (including phenoxy) is 1. The number of carbonyl (C=O) groups is 2. The highest BCUT2D eigenvalue weighted by Gasteiger charge is 2.35. The van der Waals surface area contributed by atoms with Gasteiger partial charge >= 0.3 is 5.97 Å². The third-order valence-corrected chi connectivity index (χ3v) is 3.29. The molecule has 1 saturated heterocycles. The number of nitrogens with zero attached hydrogens (tertiary/aromatic N) is 2. The largest absolute Gasteiger partial charge is 0.467 e. The first-order valence-electron chi connectivity index (χ1n) is 5.63. The van der Waals surface area contributed by atoms with Gasteiger partial charge in [-0.25, -0.2) is 4.79 Å². The number of amides is 1. The van der Waals surface area contributed by atoms with Gasteiger partial charge in [0.2, 0.25) is 0 Å². The van der Waals surface area contributed by atoms with Crippen LogP contribution in [0.5, 0.6) is 0 Å². The van der Waals surface area contributed by atoms with Crippen molar-refractivity contribution in [2.45, 2.75) is 18.9 Å². The van der Waals surface area contributed by atoms with Gasteiger partial charge in [0.25, 0.3) is 5.91 Å². The van der Waals surface area contributed by atoms with Crippen molar-refractivity contribution >= 4 is 23.5 Å². The second-order valence-corrected chi connectivity index (χ2v) is 4.44. The second-order valence-electron chi connectivity index (χ2n) is 4.04. The minimum absolute atomic E-state index is 0.254. The molecule has 1 unspecified atom stereocenters. The van der Waals surface area contributed by atoms with E-state index in [1.807, 2.05) is 0 Å². The van der Waals surface area contributed by atoms with E-state index in [9.17, 15) is 9.59 Å². The van der Waals surface area contributed by atoms with Crippen molar-refractivity contribution in [3.05, 3.63) is 29.0 Å². The van der Waals surface area contributed by atoms with E-state index in [1.165, 1.54) is 24.4 Å². The molecule has 0 aromatic carbocycles. The molecule has 5 nitrogen and oxygen atoms in total. The summed E-state index contributed by atoms with van der Waals surface area (Å²) in [6, 6.07) is 1.05. The third kappa shape index (κ3) is 2.31. The standard InChI is InChI=1S/C12H13ClN2O3/c1-18-12(17)10-3-2-6-15(10)11(16)8-4-5-14-7-9(8)13/h4-5,7,10H,2-3,6H2,1H3. The van der Waals surface area contributed by atoms with Crippen LogP contribution in [0.3, 0.4) is 0 Å². The summed E-state index contributed by atoms with van der Waals surface area (Å²) in [6.07, 6.45) is 4.33. The number of pyridine rings is 1. The zero-order chi connectivity index (χ0) is 13.1. The van der Waals surface area contributed by atoms with Crippen molar-refractivity contribution < 1.29 is 14.3 Å². The van der Waals surface area contributed by atoms with Crippen molar-refractivity contribution in [1.82, 2.24) is 9.88 Å². The lowest BCUT2D eigenvalue weighted by atomic mass is 10.2. The average molecular weight is 269 g/mol. The van der Waals surface area contributed by atoms with E-state index < -0.39 is 6.04 Å². The maximum Gasteiger partial charge on any atom is 0.328 e. The number of aromatic nitrogens is 1. The zero-order valence-electron chi connectivity index (χ0n) is 9.93. The first-order chi connectivity index (χ1) is 8.65. The molecule has 0 spiro atoms. The molecule has 2 rings (SSSR count). The van der Waals surface area contributed by atoms with E-state index in [1.54, 1.807) is 6.07 Å². The third-order valence-electron chi connectivity index (χ3n) is 2.99. The maximum atomic E-state index is 12.3. The van der Waals surface area contributed by atoms with Crippen LogP contribution in [0.15, 0.2) is 18.5 Å². The van der Waals surface area contributed by atoms with Crippen molar-refractivity contribution in [3.63, 3.8) is 0 Å². The predicted molar refractivity (Wildman–Crippen MR) is 65.3 cm³/mol. The Kier molecular flexibility index (Phi) is 3.81. The summed E-state index contributed by atoms with van der Waals surface area (Å²) >= 11 is 5.93. The van der Waals surface area contributed by atoms with Gasteiger partial charge in [0.1, 0.15) is 6.04 Å². The van der Waals surface area contributed by atoms with Gasteiger partial charge in [0.15, 0.2) is 0 Å². The van der Waals surface area contributed by atoms with Crippen molar-refractivity contribution in [2.75, 3.05) is 13.7 Å². The highest BCUT2D eigenvalue weighted by Crippen LogP contribution is 2.23. The van der Waals surface area contributed by atoms with Gasteiger partial charge in [-0.05, 0) is 18.9 Å². The first kappa shape index (κ1) is 12.8. The van der Waals surface area contributed by atoms with Gasteiger partial charge < -0.3 is 9.64 Å². The minimum atomic E-state index is -0.508. The normalized spacial score (nSPS) is 18.8. The Labute approximate surface area is 110 Å². The Morgan fingerprint density at radius 1 is 1.56 bits per heavy atom. The lowest BCUT2D eigenvalue weighted by Gasteiger charge is -2.22. The molecule has 0 N–H and O–H groups in total. The quantitative estimate of drug-likeness (QED) is 0.763. The lowest BCUT2D eigenvalue weighted by molar-refractivity contribution is -0.145. The molecule has 0 aliphatic carbocycles. The SMILES string of the molecule is COC(=O)C1CCCN1C(=O)c1ccncc1Cl. The van der Waals surface area contributed by atoms with E-state index in [4.69, 9.17) is 16.3 Å². The Balaban J connectivity index is 2.23. The molecule has 1 fully saturated rings. The van der Waals surface area contributed by atoms with Gasteiger partial charge in [-0.15, -0.1) is 0 Å². The molecule has 1 aliphatic rings. The molecule has 0 radical (unpaired) electrons. The molecule has 1 amide bonds. The number of rotatable bonds is 2. The van der Waals surface area contributed by atoms with Crippen LogP contribution in [0.2, 0.25) is 5.02 Å². The van der Waals surface area contributed by atoms with Crippen LogP contribution in [-0.2, 0) is 9.53 Å². The van der Waals surface area contributed by atoms with E-state index in [-0.39, 0.29) is 16.9 Å². The number of esters is 1. The molecule has 0 saturated carbocycles. The topological polar surface area (TPSA) is 59.5 Å². The van der Waals surface area contributed by atoms with Gasteiger partial charge in [-0.3, -0.25) is 9.78 Å². The van der Waals surface area contributed by atoms with Gasteiger partial charge in [0, 0.05) is 18.9 Å². The fourth-order valence-electron chi connectivity index (χ4n) is 2.09. The monoisotopic (exact) mass is 268 g/mol. The Hall–Kier alpha value is -1.62. The summed E-state index contributed by atoms with van der Waals surface area (Å²) in [7, 11) is 1.32. The first-order valence-corrected chi connectivity index (χ1v) is 6.01. The fraction of sp³-hybridized carbons (Fsp3) is 0.417. The summed E-state index contributed by atoms with van der Waals surface area (Å²) in [5.41, 5.74) is 0.363. The molecular formula is C12H13ClN2O3. The number of methoxy groups -OCH3 is 1. The smallest absolute Gasteiger partial charge is 0.328 e. The van der Waals surface area contributed by atoms with E-state index in [0.717, 1.165) is 6.42 Å². The molecule has 1 aromatic rings. The lowest BCUT2D eigenvalue weighted by Crippen LogP contribution is -2.41. The molecule has 1 aromatic heterocycles. The molecule has 2 heterocycles. The molecule has 96 valence electrons. The number of likely N-dealkylation sites (tertiary alicyclic amines) is 1. The van der Waals surface area contributed by atoms with Crippen LogP contribution in [0.4, 0.5) is 0 Å². The molecule has 1 aliphatic heterocycles. The predicted octanol–water partition coefficient (Wildman–Crippen LogP) is 1.51. The minimum Gasteiger partial charge on any atom is -0.467 e.